The van der Waals surface area contributed by atoms with Crippen molar-refractivity contribution in [2.24, 2.45) is 11.8 Å². The van der Waals surface area contributed by atoms with Gasteiger partial charge in [-0.25, -0.2) is 8.78 Å². The van der Waals surface area contributed by atoms with E-state index in [1.807, 2.05) is 0 Å². The molecule has 0 spiro atoms. The second-order valence-corrected chi connectivity index (χ2v) is 5.05. The minimum Gasteiger partial charge on any atom is -0.384 e. The van der Waals surface area contributed by atoms with Crippen molar-refractivity contribution in [2.45, 2.75) is 31.8 Å². The lowest BCUT2D eigenvalue weighted by Crippen LogP contribution is -2.16. The first-order valence-corrected chi connectivity index (χ1v) is 5.73. The van der Waals surface area contributed by atoms with Gasteiger partial charge in [0.1, 0.15) is 11.6 Å². The standard InChI is InChI=1S/C13H14F2O/c1-7-5-10(12(15)6-11(7)14)13(16)8-3-2-4-9(8)13/h5-6,8-9,16H,2-4H2,1H3. The van der Waals surface area contributed by atoms with Crippen molar-refractivity contribution >= 4 is 0 Å². The molecule has 0 aromatic heterocycles. The van der Waals surface area contributed by atoms with E-state index in [0.29, 0.717) is 11.1 Å². The highest BCUT2D eigenvalue weighted by atomic mass is 19.1. The highest BCUT2D eigenvalue weighted by Crippen LogP contribution is 2.66. The van der Waals surface area contributed by atoms with Crippen LogP contribution >= 0.6 is 0 Å². The molecule has 86 valence electrons. The molecule has 1 aromatic carbocycles. The summed E-state index contributed by atoms with van der Waals surface area (Å²) >= 11 is 0. The SMILES string of the molecule is Cc1cc(C2(O)C3CCCC32)c(F)cc1F. The number of fused-ring (bicyclic) bond motifs is 1. The molecule has 0 amide bonds. The van der Waals surface area contributed by atoms with Gasteiger partial charge in [0, 0.05) is 11.6 Å². The summed E-state index contributed by atoms with van der Waals surface area (Å²) in [5, 5.41) is 10.4. The van der Waals surface area contributed by atoms with Gasteiger partial charge < -0.3 is 5.11 Å². The molecule has 0 saturated heterocycles. The van der Waals surface area contributed by atoms with E-state index < -0.39 is 17.2 Å². The molecule has 0 radical (unpaired) electrons. The number of hydrogen-bond donors (Lipinski definition) is 1. The predicted molar refractivity (Wildman–Crippen MR) is 55.8 cm³/mol. The summed E-state index contributed by atoms with van der Waals surface area (Å²) in [7, 11) is 0. The van der Waals surface area contributed by atoms with E-state index in [4.69, 9.17) is 0 Å². The van der Waals surface area contributed by atoms with E-state index in [1.165, 1.54) is 6.07 Å². The normalized spacial score (nSPS) is 36.2. The summed E-state index contributed by atoms with van der Waals surface area (Å²) in [5.41, 5.74) is -0.322. The molecule has 1 nitrogen and oxygen atoms in total. The smallest absolute Gasteiger partial charge is 0.132 e. The van der Waals surface area contributed by atoms with Gasteiger partial charge in [0.15, 0.2) is 0 Å². The first-order valence-electron chi connectivity index (χ1n) is 5.73. The third kappa shape index (κ3) is 1.12. The molecule has 2 unspecified atom stereocenters. The second-order valence-electron chi connectivity index (χ2n) is 5.05. The first kappa shape index (κ1) is 10.2. The van der Waals surface area contributed by atoms with Gasteiger partial charge in [0.25, 0.3) is 0 Å². The largest absolute Gasteiger partial charge is 0.384 e. The van der Waals surface area contributed by atoms with Crippen molar-refractivity contribution in [3.63, 3.8) is 0 Å². The molecule has 2 aliphatic rings. The Morgan fingerprint density at radius 2 is 1.81 bits per heavy atom. The molecule has 2 aliphatic carbocycles. The Kier molecular flexibility index (Phi) is 1.94. The highest BCUT2D eigenvalue weighted by Gasteiger charge is 2.67. The van der Waals surface area contributed by atoms with Crippen LogP contribution in [0.5, 0.6) is 0 Å². The number of hydrogen-bond acceptors (Lipinski definition) is 1. The lowest BCUT2D eigenvalue weighted by molar-refractivity contribution is 0.101. The zero-order valence-corrected chi connectivity index (χ0v) is 9.13. The van der Waals surface area contributed by atoms with Crippen molar-refractivity contribution in [1.29, 1.82) is 0 Å². The van der Waals surface area contributed by atoms with Crippen LogP contribution in [0, 0.1) is 30.4 Å². The Labute approximate surface area is 93.1 Å². The fourth-order valence-corrected chi connectivity index (χ4v) is 3.29. The van der Waals surface area contributed by atoms with Crippen molar-refractivity contribution in [2.75, 3.05) is 0 Å². The lowest BCUT2D eigenvalue weighted by Gasteiger charge is -2.16. The van der Waals surface area contributed by atoms with E-state index in [0.717, 1.165) is 25.3 Å². The van der Waals surface area contributed by atoms with Crippen LogP contribution in [-0.2, 0) is 5.60 Å². The Hall–Kier alpha value is -0.960. The maximum atomic E-state index is 13.7. The van der Waals surface area contributed by atoms with Crippen LogP contribution in [0.4, 0.5) is 8.78 Å². The molecular weight excluding hydrogens is 210 g/mol. The molecule has 0 heterocycles. The van der Waals surface area contributed by atoms with E-state index >= 15 is 0 Å². The average molecular weight is 224 g/mol. The maximum Gasteiger partial charge on any atom is 0.132 e. The summed E-state index contributed by atoms with van der Waals surface area (Å²) in [5.74, 6) is -0.783. The molecule has 1 N–H and O–H groups in total. The van der Waals surface area contributed by atoms with Crippen LogP contribution in [0.25, 0.3) is 0 Å². The summed E-state index contributed by atoms with van der Waals surface area (Å²) in [6.45, 7) is 1.60. The minimum absolute atomic E-state index is 0.187. The maximum absolute atomic E-state index is 13.7. The summed E-state index contributed by atoms with van der Waals surface area (Å²) in [4.78, 5) is 0. The summed E-state index contributed by atoms with van der Waals surface area (Å²) in [6, 6.07) is 2.35. The predicted octanol–water partition coefficient (Wildman–Crippen LogP) is 2.89. The van der Waals surface area contributed by atoms with Gasteiger partial charge in [-0.05, 0) is 43.2 Å². The first-order chi connectivity index (χ1) is 7.55. The van der Waals surface area contributed by atoms with Gasteiger partial charge >= 0.3 is 0 Å². The van der Waals surface area contributed by atoms with E-state index in [2.05, 4.69) is 0 Å². The quantitative estimate of drug-likeness (QED) is 0.777. The van der Waals surface area contributed by atoms with Crippen molar-refractivity contribution < 1.29 is 13.9 Å². The number of benzene rings is 1. The molecule has 0 bridgehead atoms. The molecular formula is C13H14F2O. The monoisotopic (exact) mass is 224 g/mol. The minimum atomic E-state index is -1.01. The van der Waals surface area contributed by atoms with E-state index in [9.17, 15) is 13.9 Å². The third-order valence-corrected chi connectivity index (χ3v) is 4.22. The summed E-state index contributed by atoms with van der Waals surface area (Å²) in [6.07, 6.45) is 3.02. The Morgan fingerprint density at radius 3 is 2.44 bits per heavy atom. The number of halogens is 2. The number of rotatable bonds is 1. The van der Waals surface area contributed by atoms with Gasteiger partial charge in [-0.2, -0.15) is 0 Å². The fourth-order valence-electron chi connectivity index (χ4n) is 3.29. The van der Waals surface area contributed by atoms with Crippen LogP contribution in [0.3, 0.4) is 0 Å². The van der Waals surface area contributed by atoms with Gasteiger partial charge in [-0.3, -0.25) is 0 Å². The van der Waals surface area contributed by atoms with Gasteiger partial charge in [-0.15, -0.1) is 0 Å². The molecule has 2 saturated carbocycles. The third-order valence-electron chi connectivity index (χ3n) is 4.22. The van der Waals surface area contributed by atoms with Crippen LogP contribution in [0.15, 0.2) is 12.1 Å². The number of aryl methyl sites for hydroxylation is 1. The molecule has 3 rings (SSSR count). The Balaban J connectivity index is 2.05. The van der Waals surface area contributed by atoms with Crippen LogP contribution < -0.4 is 0 Å². The molecule has 2 atom stereocenters. The molecule has 2 fully saturated rings. The number of aliphatic hydroxyl groups is 1. The topological polar surface area (TPSA) is 20.2 Å². The average Bonchev–Trinajstić information content (AvgIpc) is 2.67. The summed E-state index contributed by atoms with van der Waals surface area (Å²) < 4.78 is 26.8. The van der Waals surface area contributed by atoms with Crippen molar-refractivity contribution in [3.05, 3.63) is 34.9 Å². The molecule has 1 aromatic rings. The van der Waals surface area contributed by atoms with Gasteiger partial charge in [0.2, 0.25) is 0 Å². The second kappa shape index (κ2) is 3.04. The van der Waals surface area contributed by atoms with Crippen LogP contribution in [-0.4, -0.2) is 5.11 Å². The van der Waals surface area contributed by atoms with Crippen LogP contribution in [0.2, 0.25) is 0 Å². The Bertz CT molecular complexity index is 445. The molecule has 3 heteroatoms. The molecule has 0 aliphatic heterocycles. The zero-order chi connectivity index (χ0) is 11.5. The fraction of sp³-hybridized carbons (Fsp3) is 0.538. The molecule has 16 heavy (non-hydrogen) atoms. The van der Waals surface area contributed by atoms with Crippen molar-refractivity contribution in [1.82, 2.24) is 0 Å². The lowest BCUT2D eigenvalue weighted by atomic mass is 9.97. The zero-order valence-electron chi connectivity index (χ0n) is 9.13. The van der Waals surface area contributed by atoms with Crippen molar-refractivity contribution in [3.8, 4) is 0 Å². The van der Waals surface area contributed by atoms with Crippen LogP contribution in [0.1, 0.15) is 30.4 Å². The van der Waals surface area contributed by atoms with Gasteiger partial charge in [0.05, 0.1) is 5.60 Å². The Morgan fingerprint density at radius 1 is 1.19 bits per heavy atom. The van der Waals surface area contributed by atoms with E-state index in [1.54, 1.807) is 6.92 Å². The van der Waals surface area contributed by atoms with E-state index in [-0.39, 0.29) is 11.8 Å². The van der Waals surface area contributed by atoms with Gasteiger partial charge in [-0.1, -0.05) is 6.42 Å². The highest BCUT2D eigenvalue weighted by molar-refractivity contribution is 5.38.